The molecule has 1 N–H and O–H groups in total. The first-order valence-electron chi connectivity index (χ1n) is 27.5. The van der Waals surface area contributed by atoms with Crippen molar-refractivity contribution in [2.45, 2.75) is 270 Å². The van der Waals surface area contributed by atoms with Crippen molar-refractivity contribution in [1.82, 2.24) is 0 Å². The average molecular weight is 921 g/mol. The van der Waals surface area contributed by atoms with Crippen LogP contribution in [0.1, 0.15) is 258 Å². The second kappa shape index (κ2) is 48.2. The molecule has 0 aliphatic rings. The zero-order valence-corrected chi connectivity index (χ0v) is 43.4. The van der Waals surface area contributed by atoms with Gasteiger partial charge in [-0.2, -0.15) is 0 Å². The van der Waals surface area contributed by atoms with Crippen LogP contribution in [0.15, 0.2) is 24.3 Å². The highest BCUT2D eigenvalue weighted by Gasteiger charge is 2.25. The number of unbranched alkanes of at least 4 members (excludes halogenated alkanes) is 32. The van der Waals surface area contributed by atoms with Gasteiger partial charge in [-0.25, -0.2) is 4.79 Å². The van der Waals surface area contributed by atoms with E-state index in [0.717, 1.165) is 51.4 Å². The topological polar surface area (TPSA) is 108 Å². The second-order valence-electron chi connectivity index (χ2n) is 19.9. The Balaban J connectivity index is 4.26. The lowest BCUT2D eigenvalue weighted by Crippen LogP contribution is -2.40. The van der Waals surface area contributed by atoms with Crippen LogP contribution in [0.4, 0.5) is 0 Å². The number of likely N-dealkylation sites (N-methyl/N-ethyl adjacent to an activating group) is 1. The highest BCUT2D eigenvalue weighted by Crippen LogP contribution is 2.17. The fourth-order valence-electron chi connectivity index (χ4n) is 7.93. The summed E-state index contributed by atoms with van der Waals surface area (Å²) in [6, 6.07) is 0. The molecule has 0 aliphatic heterocycles. The highest BCUT2D eigenvalue weighted by molar-refractivity contribution is 5.71. The molecule has 0 aromatic rings. The largest absolute Gasteiger partial charge is 0.477 e. The second-order valence-corrected chi connectivity index (χ2v) is 19.9. The lowest BCUT2D eigenvalue weighted by molar-refractivity contribution is -0.870. The third kappa shape index (κ3) is 49.5. The van der Waals surface area contributed by atoms with Gasteiger partial charge < -0.3 is 28.5 Å². The van der Waals surface area contributed by atoms with E-state index in [2.05, 4.69) is 38.2 Å². The molecule has 0 heterocycles. The Hall–Kier alpha value is -2.23. The van der Waals surface area contributed by atoms with Gasteiger partial charge in [-0.05, 0) is 44.9 Å². The van der Waals surface area contributed by atoms with E-state index in [1.165, 1.54) is 173 Å². The normalized spacial score (nSPS) is 12.9. The van der Waals surface area contributed by atoms with E-state index < -0.39 is 24.3 Å². The van der Waals surface area contributed by atoms with Crippen LogP contribution in [-0.2, 0) is 33.3 Å². The molecule has 0 aliphatic carbocycles. The SMILES string of the molecule is CCCCCC/C=C\C/C=C\CCCCCCCCCC(=O)OC(COC(=O)CCCCCCCCCCCCCCCCCCCCCCCC)COC(OCC[N+](C)(C)C)C(=O)O. The summed E-state index contributed by atoms with van der Waals surface area (Å²) in [7, 11) is 5.97. The Bertz CT molecular complexity index is 1120. The van der Waals surface area contributed by atoms with Crippen molar-refractivity contribution in [1.29, 1.82) is 0 Å². The fraction of sp³-hybridized carbons (Fsp3) is 0.875. The van der Waals surface area contributed by atoms with Crippen LogP contribution >= 0.6 is 0 Å². The Morgan fingerprint density at radius 1 is 0.462 bits per heavy atom. The minimum atomic E-state index is -1.51. The van der Waals surface area contributed by atoms with Crippen LogP contribution in [-0.4, -0.2) is 87.4 Å². The Morgan fingerprint density at radius 3 is 1.23 bits per heavy atom. The van der Waals surface area contributed by atoms with Crippen LogP contribution < -0.4 is 0 Å². The molecule has 2 unspecified atom stereocenters. The number of ether oxygens (including phenoxy) is 4. The molecular weight excluding hydrogens is 815 g/mol. The molecule has 382 valence electrons. The molecule has 9 nitrogen and oxygen atoms in total. The lowest BCUT2D eigenvalue weighted by atomic mass is 10.0. The molecule has 9 heteroatoms. The Kier molecular flexibility index (Phi) is 46.6. The number of nitrogens with zero attached hydrogens (tertiary/aromatic N) is 1. The van der Waals surface area contributed by atoms with E-state index in [1.54, 1.807) is 0 Å². The summed E-state index contributed by atoms with van der Waals surface area (Å²) >= 11 is 0. The number of carbonyl (C=O) groups is 3. The van der Waals surface area contributed by atoms with Gasteiger partial charge in [-0.15, -0.1) is 0 Å². The lowest BCUT2D eigenvalue weighted by Gasteiger charge is -2.25. The highest BCUT2D eigenvalue weighted by atomic mass is 16.7. The minimum absolute atomic E-state index is 0.180. The van der Waals surface area contributed by atoms with Crippen molar-refractivity contribution < 1.29 is 42.9 Å². The molecule has 0 aromatic carbocycles. The standard InChI is InChI=1S/C56H105NO8/c1-6-8-10-12-14-16-18-20-22-24-26-27-28-29-31-32-34-36-38-40-42-44-46-53(58)63-50-52(51-64-56(55(60)61)62-49-48-57(3,4)5)65-54(59)47-45-43-41-39-37-35-33-30-25-23-21-19-17-15-13-11-9-7-2/h17,19,23,25,52,56H,6-16,18,20-22,24,26-51H2,1-5H3/p+1/b19-17-,25-23-. The van der Waals surface area contributed by atoms with Gasteiger partial charge >= 0.3 is 17.9 Å². The smallest absolute Gasteiger partial charge is 0.361 e. The van der Waals surface area contributed by atoms with Gasteiger partial charge in [0, 0.05) is 12.8 Å². The third-order valence-electron chi connectivity index (χ3n) is 12.2. The summed E-state index contributed by atoms with van der Waals surface area (Å²) in [5.41, 5.74) is 0. The maximum atomic E-state index is 12.8. The van der Waals surface area contributed by atoms with E-state index in [-0.39, 0.29) is 32.2 Å². The maximum Gasteiger partial charge on any atom is 0.361 e. The number of esters is 2. The summed E-state index contributed by atoms with van der Waals surface area (Å²) in [6.45, 7) is 4.89. The Labute approximate surface area is 401 Å². The third-order valence-corrected chi connectivity index (χ3v) is 12.2. The van der Waals surface area contributed by atoms with E-state index in [4.69, 9.17) is 18.9 Å². The van der Waals surface area contributed by atoms with E-state index in [1.807, 2.05) is 21.1 Å². The molecule has 0 saturated heterocycles. The van der Waals surface area contributed by atoms with Gasteiger partial charge in [0.25, 0.3) is 6.29 Å². The van der Waals surface area contributed by atoms with Crippen molar-refractivity contribution in [2.75, 3.05) is 47.5 Å². The molecule has 0 aromatic heterocycles. The molecule has 0 radical (unpaired) electrons. The molecular formula is C56H106NO8+. The fourth-order valence-corrected chi connectivity index (χ4v) is 7.93. The van der Waals surface area contributed by atoms with Gasteiger partial charge in [-0.1, -0.05) is 224 Å². The summed E-state index contributed by atoms with van der Waals surface area (Å²) in [6.07, 6.45) is 52.4. The number of rotatable bonds is 51. The summed E-state index contributed by atoms with van der Waals surface area (Å²) in [5.74, 6) is -2.00. The van der Waals surface area contributed by atoms with Crippen LogP contribution in [0.3, 0.4) is 0 Å². The van der Waals surface area contributed by atoms with Gasteiger partial charge in [0.1, 0.15) is 13.2 Å². The number of carboxylic acids is 1. The molecule has 0 fully saturated rings. The van der Waals surface area contributed by atoms with Crippen molar-refractivity contribution in [2.24, 2.45) is 0 Å². The molecule has 0 bridgehead atoms. The Morgan fingerprint density at radius 2 is 0.831 bits per heavy atom. The minimum Gasteiger partial charge on any atom is -0.477 e. The first-order valence-corrected chi connectivity index (χ1v) is 27.5. The predicted molar refractivity (Wildman–Crippen MR) is 272 cm³/mol. The monoisotopic (exact) mass is 921 g/mol. The predicted octanol–water partition coefficient (Wildman–Crippen LogP) is 15.6. The van der Waals surface area contributed by atoms with Gasteiger partial charge in [-0.3, -0.25) is 9.59 Å². The quantitative estimate of drug-likeness (QED) is 0.0211. The zero-order chi connectivity index (χ0) is 47.7. The molecule has 0 amide bonds. The number of hydrogen-bond acceptors (Lipinski definition) is 7. The summed E-state index contributed by atoms with van der Waals surface area (Å²) in [5, 5.41) is 9.68. The average Bonchev–Trinajstić information content (AvgIpc) is 3.27. The van der Waals surface area contributed by atoms with Gasteiger partial charge in [0.15, 0.2) is 6.10 Å². The number of allylic oxidation sites excluding steroid dienone is 4. The zero-order valence-electron chi connectivity index (χ0n) is 43.4. The van der Waals surface area contributed by atoms with Crippen molar-refractivity contribution in [3.63, 3.8) is 0 Å². The maximum absolute atomic E-state index is 12.8. The van der Waals surface area contributed by atoms with Crippen LogP contribution in [0.25, 0.3) is 0 Å². The molecule has 0 spiro atoms. The summed E-state index contributed by atoms with van der Waals surface area (Å²) in [4.78, 5) is 37.3. The first kappa shape index (κ1) is 62.8. The molecule has 0 saturated carbocycles. The van der Waals surface area contributed by atoms with Crippen molar-refractivity contribution in [3.05, 3.63) is 24.3 Å². The molecule has 0 rings (SSSR count). The van der Waals surface area contributed by atoms with Crippen molar-refractivity contribution >= 4 is 17.9 Å². The molecule has 2 atom stereocenters. The van der Waals surface area contributed by atoms with Gasteiger partial charge in [0.05, 0.1) is 34.4 Å². The number of carboxylic acid groups (broad SMARTS) is 1. The van der Waals surface area contributed by atoms with Crippen LogP contribution in [0.5, 0.6) is 0 Å². The van der Waals surface area contributed by atoms with Crippen LogP contribution in [0, 0.1) is 0 Å². The first-order chi connectivity index (χ1) is 31.6. The number of carbonyl (C=O) groups excluding carboxylic acids is 2. The number of quaternary nitrogens is 1. The molecule has 65 heavy (non-hydrogen) atoms. The van der Waals surface area contributed by atoms with Crippen molar-refractivity contribution in [3.8, 4) is 0 Å². The summed E-state index contributed by atoms with van der Waals surface area (Å²) < 4.78 is 22.9. The van der Waals surface area contributed by atoms with E-state index >= 15 is 0 Å². The van der Waals surface area contributed by atoms with Crippen LogP contribution in [0.2, 0.25) is 0 Å². The number of hydrogen-bond donors (Lipinski definition) is 1. The van der Waals surface area contributed by atoms with Gasteiger partial charge in [0.2, 0.25) is 0 Å². The number of aliphatic carboxylic acids is 1. The van der Waals surface area contributed by atoms with E-state index in [0.29, 0.717) is 23.9 Å². The van der Waals surface area contributed by atoms with E-state index in [9.17, 15) is 19.5 Å².